The van der Waals surface area contributed by atoms with E-state index >= 15 is 0 Å². The zero-order chi connectivity index (χ0) is 21.1. The molecule has 1 amide bonds. The summed E-state index contributed by atoms with van der Waals surface area (Å²) in [5.74, 6) is -1.62. The molecule has 0 saturated heterocycles. The van der Waals surface area contributed by atoms with E-state index in [2.05, 4.69) is 15.5 Å². The first kappa shape index (κ1) is 19.2. The van der Waals surface area contributed by atoms with Gasteiger partial charge in [-0.25, -0.2) is 8.78 Å². The van der Waals surface area contributed by atoms with Gasteiger partial charge in [-0.3, -0.25) is 14.2 Å². The number of pyridine rings is 1. The SMILES string of the molecule is O=C(Cn1c(-c2nc(-c3ccccc3F)no2)cccc1=O)Nc1cccc(F)c1. The Kier molecular flexibility index (Phi) is 5.17. The molecule has 0 radical (unpaired) electrons. The molecule has 1 N–H and O–H groups in total. The number of halogens is 2. The Morgan fingerprint density at radius 1 is 1.03 bits per heavy atom. The average Bonchev–Trinajstić information content (AvgIpc) is 3.19. The van der Waals surface area contributed by atoms with E-state index in [9.17, 15) is 18.4 Å². The van der Waals surface area contributed by atoms with Gasteiger partial charge in [0.2, 0.25) is 11.7 Å². The van der Waals surface area contributed by atoms with Crippen LogP contribution in [-0.2, 0) is 11.3 Å². The second kappa shape index (κ2) is 8.08. The fourth-order valence-electron chi connectivity index (χ4n) is 2.86. The van der Waals surface area contributed by atoms with Crippen LogP contribution in [0.25, 0.3) is 23.0 Å². The summed E-state index contributed by atoms with van der Waals surface area (Å²) in [5, 5.41) is 6.29. The second-order valence-electron chi connectivity index (χ2n) is 6.30. The minimum absolute atomic E-state index is 0.00941. The van der Waals surface area contributed by atoms with Crippen molar-refractivity contribution in [2.75, 3.05) is 5.32 Å². The maximum Gasteiger partial charge on any atom is 0.274 e. The summed E-state index contributed by atoms with van der Waals surface area (Å²) in [6.07, 6.45) is 0. The number of rotatable bonds is 5. The number of benzene rings is 2. The van der Waals surface area contributed by atoms with E-state index < -0.39 is 23.1 Å². The van der Waals surface area contributed by atoms with Crippen LogP contribution in [0.3, 0.4) is 0 Å². The third-order valence-corrected chi connectivity index (χ3v) is 4.22. The first-order valence-electron chi connectivity index (χ1n) is 8.85. The number of amides is 1. The van der Waals surface area contributed by atoms with E-state index in [1.165, 1.54) is 54.6 Å². The quantitative estimate of drug-likeness (QED) is 0.546. The number of nitrogens with one attached hydrogen (secondary N) is 1. The van der Waals surface area contributed by atoms with Gasteiger partial charge in [0, 0.05) is 11.8 Å². The molecule has 7 nitrogen and oxygen atoms in total. The lowest BCUT2D eigenvalue weighted by atomic mass is 10.2. The highest BCUT2D eigenvalue weighted by Gasteiger charge is 2.18. The lowest BCUT2D eigenvalue weighted by Crippen LogP contribution is -2.28. The highest BCUT2D eigenvalue weighted by Crippen LogP contribution is 2.23. The van der Waals surface area contributed by atoms with Crippen molar-refractivity contribution >= 4 is 11.6 Å². The first-order valence-corrected chi connectivity index (χ1v) is 8.85. The van der Waals surface area contributed by atoms with Crippen LogP contribution in [0.4, 0.5) is 14.5 Å². The molecular formula is C21H14F2N4O3. The van der Waals surface area contributed by atoms with E-state index in [1.54, 1.807) is 6.07 Å². The van der Waals surface area contributed by atoms with Crippen molar-refractivity contribution in [2.45, 2.75) is 6.54 Å². The number of carbonyl (C=O) groups excluding carboxylic acids is 1. The van der Waals surface area contributed by atoms with Gasteiger partial charge in [-0.15, -0.1) is 0 Å². The molecule has 0 unspecified atom stereocenters. The van der Waals surface area contributed by atoms with Gasteiger partial charge in [0.25, 0.3) is 11.4 Å². The van der Waals surface area contributed by atoms with Gasteiger partial charge in [-0.1, -0.05) is 29.4 Å². The van der Waals surface area contributed by atoms with Crippen LogP contribution >= 0.6 is 0 Å². The Bertz CT molecular complexity index is 1280. The zero-order valence-corrected chi connectivity index (χ0v) is 15.4. The van der Waals surface area contributed by atoms with E-state index in [0.29, 0.717) is 0 Å². The van der Waals surface area contributed by atoms with E-state index in [4.69, 9.17) is 4.52 Å². The predicted molar refractivity (Wildman–Crippen MR) is 104 cm³/mol. The summed E-state index contributed by atoms with van der Waals surface area (Å²) in [7, 11) is 0. The Morgan fingerprint density at radius 3 is 2.63 bits per heavy atom. The molecule has 0 aliphatic rings. The van der Waals surface area contributed by atoms with Crippen LogP contribution in [0.1, 0.15) is 0 Å². The van der Waals surface area contributed by atoms with Gasteiger partial charge >= 0.3 is 0 Å². The molecule has 0 atom stereocenters. The lowest BCUT2D eigenvalue weighted by molar-refractivity contribution is -0.116. The fourth-order valence-corrected chi connectivity index (χ4v) is 2.86. The van der Waals surface area contributed by atoms with Crippen molar-refractivity contribution in [1.29, 1.82) is 0 Å². The third-order valence-electron chi connectivity index (χ3n) is 4.22. The number of anilines is 1. The Labute approximate surface area is 168 Å². The minimum Gasteiger partial charge on any atom is -0.332 e. The Hall–Kier alpha value is -4.14. The Balaban J connectivity index is 1.63. The first-order chi connectivity index (χ1) is 14.5. The lowest BCUT2D eigenvalue weighted by Gasteiger charge is -2.10. The number of aromatic nitrogens is 3. The van der Waals surface area contributed by atoms with Crippen molar-refractivity contribution in [2.24, 2.45) is 0 Å². The predicted octanol–water partition coefficient (Wildman–Crippen LogP) is 3.48. The summed E-state index contributed by atoms with van der Waals surface area (Å²) in [4.78, 5) is 28.9. The highest BCUT2D eigenvalue weighted by atomic mass is 19.1. The summed E-state index contributed by atoms with van der Waals surface area (Å²) >= 11 is 0. The summed E-state index contributed by atoms with van der Waals surface area (Å²) in [6.45, 7) is -0.372. The standard InChI is InChI=1S/C21H14F2N4O3/c22-13-5-3-6-14(11-13)24-18(28)12-27-17(9-4-10-19(27)29)21-25-20(26-30-21)15-7-1-2-8-16(15)23/h1-11H,12H2,(H,24,28). The molecule has 0 aliphatic heterocycles. The van der Waals surface area contributed by atoms with Crippen molar-refractivity contribution in [1.82, 2.24) is 14.7 Å². The minimum atomic E-state index is -0.552. The molecule has 30 heavy (non-hydrogen) atoms. The van der Waals surface area contributed by atoms with Gasteiger partial charge < -0.3 is 9.84 Å². The summed E-state index contributed by atoms with van der Waals surface area (Å²) in [5.41, 5.74) is 0.103. The molecule has 0 fully saturated rings. The summed E-state index contributed by atoms with van der Waals surface area (Å²) < 4.78 is 33.6. The van der Waals surface area contributed by atoms with Crippen molar-refractivity contribution in [3.05, 3.63) is 88.7 Å². The molecule has 2 heterocycles. The zero-order valence-electron chi connectivity index (χ0n) is 15.4. The normalized spacial score (nSPS) is 10.7. The van der Waals surface area contributed by atoms with Gasteiger partial charge in [0.1, 0.15) is 23.9 Å². The number of hydrogen-bond acceptors (Lipinski definition) is 5. The number of hydrogen-bond donors (Lipinski definition) is 1. The topological polar surface area (TPSA) is 90.0 Å². The highest BCUT2D eigenvalue weighted by molar-refractivity contribution is 5.90. The number of carbonyl (C=O) groups is 1. The molecule has 2 aromatic carbocycles. The molecular weight excluding hydrogens is 394 g/mol. The van der Waals surface area contributed by atoms with Gasteiger partial charge in [0.05, 0.1) is 5.56 Å². The molecule has 0 bridgehead atoms. The van der Waals surface area contributed by atoms with Gasteiger partial charge in [0.15, 0.2) is 0 Å². The van der Waals surface area contributed by atoms with Gasteiger partial charge in [-0.2, -0.15) is 4.98 Å². The van der Waals surface area contributed by atoms with Crippen LogP contribution < -0.4 is 10.9 Å². The van der Waals surface area contributed by atoms with E-state index in [-0.39, 0.29) is 35.2 Å². The number of nitrogens with zero attached hydrogens (tertiary/aromatic N) is 3. The molecule has 0 aliphatic carbocycles. The van der Waals surface area contributed by atoms with E-state index in [1.807, 2.05) is 0 Å². The smallest absolute Gasteiger partial charge is 0.274 e. The fraction of sp³-hybridized carbons (Fsp3) is 0.0476. The van der Waals surface area contributed by atoms with Crippen molar-refractivity contribution < 1.29 is 18.1 Å². The largest absolute Gasteiger partial charge is 0.332 e. The molecule has 150 valence electrons. The Morgan fingerprint density at radius 2 is 1.83 bits per heavy atom. The molecule has 9 heteroatoms. The molecule has 0 saturated carbocycles. The van der Waals surface area contributed by atoms with Crippen LogP contribution in [0.15, 0.2) is 76.0 Å². The van der Waals surface area contributed by atoms with Gasteiger partial charge in [-0.05, 0) is 36.4 Å². The maximum absolute atomic E-state index is 14.0. The summed E-state index contributed by atoms with van der Waals surface area (Å²) in [6, 6.07) is 15.6. The van der Waals surface area contributed by atoms with Crippen LogP contribution in [0.2, 0.25) is 0 Å². The third kappa shape index (κ3) is 4.00. The average molecular weight is 408 g/mol. The van der Waals surface area contributed by atoms with Crippen LogP contribution in [0, 0.1) is 11.6 Å². The second-order valence-corrected chi connectivity index (χ2v) is 6.30. The molecule has 4 rings (SSSR count). The van der Waals surface area contributed by atoms with Crippen molar-refractivity contribution in [3.8, 4) is 23.0 Å². The van der Waals surface area contributed by atoms with Crippen LogP contribution in [0.5, 0.6) is 0 Å². The molecule has 2 aromatic heterocycles. The van der Waals surface area contributed by atoms with Crippen molar-refractivity contribution in [3.63, 3.8) is 0 Å². The van der Waals surface area contributed by atoms with Crippen LogP contribution in [-0.4, -0.2) is 20.6 Å². The maximum atomic E-state index is 14.0. The molecule has 0 spiro atoms. The monoisotopic (exact) mass is 408 g/mol. The van der Waals surface area contributed by atoms with E-state index in [0.717, 1.165) is 10.6 Å². The molecule has 4 aromatic rings.